The SMILES string of the molecule is COC(=O)[C@H](Cc1ccc(O)cc1)NC(=O)C1CCCCN1S(=O)(=O)c1cccc(C(F)(F)F)c1. The van der Waals surface area contributed by atoms with Crippen molar-refractivity contribution in [1.29, 1.82) is 0 Å². The van der Waals surface area contributed by atoms with Gasteiger partial charge >= 0.3 is 12.1 Å². The van der Waals surface area contributed by atoms with Gasteiger partial charge in [0.15, 0.2) is 0 Å². The molecule has 1 heterocycles. The Morgan fingerprint density at radius 2 is 1.86 bits per heavy atom. The lowest BCUT2D eigenvalue weighted by Gasteiger charge is -2.34. The van der Waals surface area contributed by atoms with Crippen molar-refractivity contribution in [3.63, 3.8) is 0 Å². The number of ether oxygens (including phenoxy) is 1. The molecule has 0 bridgehead atoms. The number of carbonyl (C=O) groups is 2. The van der Waals surface area contributed by atoms with Gasteiger partial charge in [-0.25, -0.2) is 13.2 Å². The van der Waals surface area contributed by atoms with Crippen LogP contribution in [0.5, 0.6) is 5.75 Å². The fourth-order valence-electron chi connectivity index (χ4n) is 3.89. The number of benzene rings is 2. The van der Waals surface area contributed by atoms with Crippen molar-refractivity contribution < 1.29 is 41.0 Å². The molecule has 0 aromatic heterocycles. The smallest absolute Gasteiger partial charge is 0.416 e. The third-order valence-electron chi connectivity index (χ3n) is 5.70. The third-order valence-corrected chi connectivity index (χ3v) is 7.61. The average Bonchev–Trinajstić information content (AvgIpc) is 2.84. The summed E-state index contributed by atoms with van der Waals surface area (Å²) in [6.07, 6.45) is -3.63. The van der Waals surface area contributed by atoms with E-state index in [0.29, 0.717) is 24.5 Å². The number of piperidine rings is 1. The average molecular weight is 515 g/mol. The van der Waals surface area contributed by atoms with Crippen molar-refractivity contribution in [2.75, 3.05) is 13.7 Å². The first kappa shape index (κ1) is 26.5. The van der Waals surface area contributed by atoms with Crippen LogP contribution < -0.4 is 5.32 Å². The number of hydrogen-bond acceptors (Lipinski definition) is 6. The summed E-state index contributed by atoms with van der Waals surface area (Å²) in [6.45, 7) is -0.0580. The number of nitrogens with zero attached hydrogens (tertiary/aromatic N) is 1. The lowest BCUT2D eigenvalue weighted by atomic mass is 10.0. The number of methoxy groups -OCH3 is 1. The molecular formula is C23H25F3N2O6S. The molecule has 1 aliphatic rings. The Morgan fingerprint density at radius 3 is 2.49 bits per heavy atom. The van der Waals surface area contributed by atoms with E-state index in [9.17, 15) is 36.3 Å². The highest BCUT2D eigenvalue weighted by molar-refractivity contribution is 7.89. The number of amides is 1. The Hall–Kier alpha value is -3.12. The Labute approximate surface area is 200 Å². The van der Waals surface area contributed by atoms with Crippen LogP contribution in [0.3, 0.4) is 0 Å². The predicted molar refractivity (Wildman–Crippen MR) is 119 cm³/mol. The van der Waals surface area contributed by atoms with Crippen LogP contribution >= 0.6 is 0 Å². The second-order valence-electron chi connectivity index (χ2n) is 8.11. The molecule has 0 spiro atoms. The maximum atomic E-state index is 13.2. The molecule has 0 saturated carbocycles. The number of esters is 1. The van der Waals surface area contributed by atoms with Crippen molar-refractivity contribution >= 4 is 21.9 Å². The number of aromatic hydroxyl groups is 1. The highest BCUT2D eigenvalue weighted by Crippen LogP contribution is 2.32. The zero-order valence-corrected chi connectivity index (χ0v) is 19.6. The van der Waals surface area contributed by atoms with Gasteiger partial charge in [0, 0.05) is 13.0 Å². The van der Waals surface area contributed by atoms with E-state index in [-0.39, 0.29) is 25.1 Å². The molecule has 35 heavy (non-hydrogen) atoms. The van der Waals surface area contributed by atoms with E-state index >= 15 is 0 Å². The molecule has 12 heteroatoms. The Morgan fingerprint density at radius 1 is 1.17 bits per heavy atom. The second-order valence-corrected chi connectivity index (χ2v) is 10.00. The normalized spacial score (nSPS) is 18.0. The molecule has 1 fully saturated rings. The Balaban J connectivity index is 1.85. The minimum Gasteiger partial charge on any atom is -0.508 e. The number of nitrogens with one attached hydrogen (secondary N) is 1. The van der Waals surface area contributed by atoms with Gasteiger partial charge in [0.1, 0.15) is 17.8 Å². The number of phenolic OH excluding ortho intramolecular Hbond substituents is 1. The van der Waals surface area contributed by atoms with Crippen LogP contribution in [-0.2, 0) is 36.9 Å². The predicted octanol–water partition coefficient (Wildman–Crippen LogP) is 2.85. The molecule has 2 aromatic rings. The van der Waals surface area contributed by atoms with E-state index < -0.39 is 50.6 Å². The number of rotatable bonds is 7. The summed E-state index contributed by atoms with van der Waals surface area (Å²) < 4.78 is 71.5. The summed E-state index contributed by atoms with van der Waals surface area (Å²) in [5.74, 6) is -1.49. The summed E-state index contributed by atoms with van der Waals surface area (Å²) in [5.41, 5.74) is -0.508. The zero-order chi connectivity index (χ0) is 25.8. The molecule has 2 N–H and O–H groups in total. The molecular weight excluding hydrogens is 489 g/mol. The largest absolute Gasteiger partial charge is 0.508 e. The fraction of sp³-hybridized carbons (Fsp3) is 0.391. The topological polar surface area (TPSA) is 113 Å². The molecule has 2 atom stereocenters. The zero-order valence-electron chi connectivity index (χ0n) is 18.8. The number of hydrogen-bond donors (Lipinski definition) is 2. The maximum absolute atomic E-state index is 13.2. The van der Waals surface area contributed by atoms with Gasteiger partial charge in [0.25, 0.3) is 0 Å². The minimum absolute atomic E-state index is 0.0186. The van der Waals surface area contributed by atoms with Gasteiger partial charge in [-0.2, -0.15) is 17.5 Å². The van der Waals surface area contributed by atoms with Gasteiger partial charge in [-0.3, -0.25) is 4.79 Å². The quantitative estimate of drug-likeness (QED) is 0.550. The standard InChI is InChI=1S/C23H25F3N2O6S/c1-34-22(31)19(13-15-8-10-17(29)11-9-15)27-21(30)20-7-2-3-12-28(20)35(32,33)18-6-4-5-16(14-18)23(24,25)26/h4-6,8-11,14,19-20,29H,2-3,7,12-13H2,1H3,(H,27,30)/t19-,20?/m0/s1. The summed E-state index contributed by atoms with van der Waals surface area (Å²) in [7, 11) is -3.29. The first-order valence-electron chi connectivity index (χ1n) is 10.8. The summed E-state index contributed by atoms with van der Waals surface area (Å²) in [5, 5.41) is 12.0. The van der Waals surface area contributed by atoms with Crippen molar-refractivity contribution in [3.8, 4) is 5.75 Å². The number of halogens is 3. The molecule has 1 unspecified atom stereocenters. The Bertz CT molecular complexity index is 1170. The molecule has 8 nitrogen and oxygen atoms in total. The summed E-state index contributed by atoms with van der Waals surface area (Å²) >= 11 is 0. The van der Waals surface area contributed by atoms with E-state index in [1.54, 1.807) is 12.1 Å². The van der Waals surface area contributed by atoms with Crippen LogP contribution in [-0.4, -0.2) is 55.4 Å². The van der Waals surface area contributed by atoms with Crippen LogP contribution in [0.15, 0.2) is 53.4 Å². The lowest BCUT2D eigenvalue weighted by Crippen LogP contribution is -2.55. The third kappa shape index (κ3) is 6.31. The van der Waals surface area contributed by atoms with Gasteiger partial charge in [0.2, 0.25) is 15.9 Å². The molecule has 0 aliphatic carbocycles. The summed E-state index contributed by atoms with van der Waals surface area (Å²) in [6, 6.07) is 6.95. The van der Waals surface area contributed by atoms with E-state index in [4.69, 9.17) is 4.74 Å². The molecule has 1 amide bonds. The highest BCUT2D eigenvalue weighted by atomic mass is 32.2. The lowest BCUT2D eigenvalue weighted by molar-refractivity contribution is -0.145. The van der Waals surface area contributed by atoms with E-state index in [0.717, 1.165) is 29.6 Å². The first-order valence-corrected chi connectivity index (χ1v) is 12.2. The molecule has 2 aromatic carbocycles. The maximum Gasteiger partial charge on any atom is 0.416 e. The van der Waals surface area contributed by atoms with Gasteiger partial charge < -0.3 is 15.2 Å². The minimum atomic E-state index is -4.73. The molecule has 3 rings (SSSR count). The van der Waals surface area contributed by atoms with Crippen molar-refractivity contribution in [2.45, 2.75) is 48.8 Å². The number of alkyl halides is 3. The number of carbonyl (C=O) groups excluding carboxylic acids is 2. The van der Waals surface area contributed by atoms with E-state index in [2.05, 4.69) is 5.32 Å². The van der Waals surface area contributed by atoms with E-state index in [1.807, 2.05) is 0 Å². The monoisotopic (exact) mass is 514 g/mol. The van der Waals surface area contributed by atoms with Crippen LogP contribution in [0.2, 0.25) is 0 Å². The second kappa shape index (κ2) is 10.6. The molecule has 190 valence electrons. The van der Waals surface area contributed by atoms with Gasteiger partial charge in [-0.1, -0.05) is 24.6 Å². The first-order chi connectivity index (χ1) is 16.4. The van der Waals surface area contributed by atoms with Gasteiger partial charge in [-0.05, 0) is 48.7 Å². The van der Waals surface area contributed by atoms with Gasteiger partial charge in [0.05, 0.1) is 17.6 Å². The van der Waals surface area contributed by atoms with Crippen LogP contribution in [0.4, 0.5) is 13.2 Å². The van der Waals surface area contributed by atoms with Crippen LogP contribution in [0.25, 0.3) is 0 Å². The van der Waals surface area contributed by atoms with Crippen molar-refractivity contribution in [1.82, 2.24) is 9.62 Å². The number of sulfonamides is 1. The summed E-state index contributed by atoms with van der Waals surface area (Å²) in [4.78, 5) is 24.9. The van der Waals surface area contributed by atoms with Crippen LogP contribution in [0, 0.1) is 0 Å². The van der Waals surface area contributed by atoms with E-state index in [1.165, 1.54) is 12.1 Å². The van der Waals surface area contributed by atoms with Crippen molar-refractivity contribution in [2.24, 2.45) is 0 Å². The molecule has 1 saturated heterocycles. The van der Waals surface area contributed by atoms with Crippen molar-refractivity contribution in [3.05, 3.63) is 59.7 Å². The molecule has 1 aliphatic heterocycles. The highest BCUT2D eigenvalue weighted by Gasteiger charge is 2.40. The van der Waals surface area contributed by atoms with Gasteiger partial charge in [-0.15, -0.1) is 0 Å². The molecule has 0 radical (unpaired) electrons. The Kier molecular flexibility index (Phi) is 8.06. The fourth-order valence-corrected chi connectivity index (χ4v) is 5.60. The van der Waals surface area contributed by atoms with Crippen LogP contribution in [0.1, 0.15) is 30.4 Å². The number of phenols is 1.